The summed E-state index contributed by atoms with van der Waals surface area (Å²) in [7, 11) is 1.50. The van der Waals surface area contributed by atoms with Crippen molar-refractivity contribution in [3.05, 3.63) is 74.6 Å². The lowest BCUT2D eigenvalue weighted by atomic mass is 10.1. The first kappa shape index (κ1) is 16.4. The molecule has 25 heavy (non-hydrogen) atoms. The lowest BCUT2D eigenvalue weighted by Crippen LogP contribution is -2.03. The van der Waals surface area contributed by atoms with Gasteiger partial charge in [-0.3, -0.25) is 10.1 Å². The highest BCUT2D eigenvalue weighted by molar-refractivity contribution is 5.68. The van der Waals surface area contributed by atoms with E-state index in [4.69, 9.17) is 9.15 Å². The number of para-hydroxylation sites is 1. The molecule has 0 bridgehead atoms. The number of methoxy groups -OCH3 is 1. The molecule has 7 nitrogen and oxygen atoms in total. The number of nitro groups is 1. The zero-order valence-electron chi connectivity index (χ0n) is 13.6. The van der Waals surface area contributed by atoms with E-state index in [1.807, 2.05) is 0 Å². The highest BCUT2D eigenvalue weighted by atomic mass is 16.6. The van der Waals surface area contributed by atoms with E-state index in [1.54, 1.807) is 43.3 Å². The molecule has 0 radical (unpaired) electrons. The Morgan fingerprint density at radius 2 is 1.92 bits per heavy atom. The quantitative estimate of drug-likeness (QED) is 0.533. The van der Waals surface area contributed by atoms with Gasteiger partial charge in [-0.1, -0.05) is 24.3 Å². The SMILES string of the molecule is COc1ccccc1-c1nc(-c2ccc(C)c([N+](=O)[O-])c2)cc(=O)o1. The monoisotopic (exact) mass is 338 g/mol. The zero-order chi connectivity index (χ0) is 18.0. The fourth-order valence-electron chi connectivity index (χ4n) is 2.45. The topological polar surface area (TPSA) is 95.5 Å². The third-order valence-electron chi connectivity index (χ3n) is 3.71. The van der Waals surface area contributed by atoms with Gasteiger partial charge in [0, 0.05) is 17.2 Å². The minimum absolute atomic E-state index is 0.0358. The second-order valence-electron chi connectivity index (χ2n) is 5.33. The lowest BCUT2D eigenvalue weighted by molar-refractivity contribution is -0.385. The minimum atomic E-state index is -0.603. The van der Waals surface area contributed by atoms with E-state index >= 15 is 0 Å². The maximum Gasteiger partial charge on any atom is 0.339 e. The zero-order valence-corrected chi connectivity index (χ0v) is 13.6. The summed E-state index contributed by atoms with van der Waals surface area (Å²) in [5, 5.41) is 11.1. The molecule has 0 aliphatic rings. The predicted molar refractivity (Wildman–Crippen MR) is 91.6 cm³/mol. The molecule has 0 amide bonds. The van der Waals surface area contributed by atoms with Crippen LogP contribution in [0.1, 0.15) is 5.56 Å². The molecule has 0 spiro atoms. The van der Waals surface area contributed by atoms with Crippen LogP contribution in [0.3, 0.4) is 0 Å². The Balaban J connectivity index is 2.17. The first-order valence-corrected chi connectivity index (χ1v) is 7.40. The molecule has 1 heterocycles. The molecule has 0 N–H and O–H groups in total. The summed E-state index contributed by atoms with van der Waals surface area (Å²) >= 11 is 0. The van der Waals surface area contributed by atoms with Crippen molar-refractivity contribution in [2.24, 2.45) is 0 Å². The van der Waals surface area contributed by atoms with Gasteiger partial charge in [0.2, 0.25) is 5.89 Å². The van der Waals surface area contributed by atoms with Crippen molar-refractivity contribution in [2.45, 2.75) is 6.92 Å². The van der Waals surface area contributed by atoms with E-state index < -0.39 is 10.5 Å². The Morgan fingerprint density at radius 1 is 1.16 bits per heavy atom. The average Bonchev–Trinajstić information content (AvgIpc) is 2.61. The number of hydrogen-bond donors (Lipinski definition) is 0. The molecule has 0 atom stereocenters. The van der Waals surface area contributed by atoms with Gasteiger partial charge in [0.1, 0.15) is 5.75 Å². The summed E-state index contributed by atoms with van der Waals surface area (Å²) in [6.07, 6.45) is 0. The summed E-state index contributed by atoms with van der Waals surface area (Å²) in [5.41, 5.74) is 1.16. The van der Waals surface area contributed by atoms with Gasteiger partial charge < -0.3 is 9.15 Å². The largest absolute Gasteiger partial charge is 0.496 e. The number of nitrogens with zero attached hydrogens (tertiary/aromatic N) is 2. The van der Waals surface area contributed by atoms with Crippen molar-refractivity contribution in [3.8, 4) is 28.5 Å². The second-order valence-corrected chi connectivity index (χ2v) is 5.33. The molecule has 126 valence electrons. The van der Waals surface area contributed by atoms with E-state index in [0.29, 0.717) is 28.1 Å². The van der Waals surface area contributed by atoms with Gasteiger partial charge in [-0.05, 0) is 19.1 Å². The molecule has 0 unspecified atom stereocenters. The van der Waals surface area contributed by atoms with Crippen LogP contribution >= 0.6 is 0 Å². The van der Waals surface area contributed by atoms with Crippen LogP contribution in [-0.2, 0) is 0 Å². The van der Waals surface area contributed by atoms with Crippen LogP contribution in [0.2, 0.25) is 0 Å². The summed E-state index contributed by atoms with van der Waals surface area (Å²) in [6.45, 7) is 1.65. The smallest absolute Gasteiger partial charge is 0.339 e. The van der Waals surface area contributed by atoms with Crippen LogP contribution in [0.25, 0.3) is 22.7 Å². The molecule has 0 fully saturated rings. The van der Waals surface area contributed by atoms with Crippen LogP contribution in [0.5, 0.6) is 5.75 Å². The van der Waals surface area contributed by atoms with Gasteiger partial charge >= 0.3 is 5.63 Å². The molecule has 0 aliphatic carbocycles. The Morgan fingerprint density at radius 3 is 2.64 bits per heavy atom. The fourth-order valence-corrected chi connectivity index (χ4v) is 2.45. The molecule has 0 saturated heterocycles. The van der Waals surface area contributed by atoms with Crippen molar-refractivity contribution >= 4 is 5.69 Å². The molecule has 7 heteroatoms. The first-order chi connectivity index (χ1) is 12.0. The molecular weight excluding hydrogens is 324 g/mol. The summed E-state index contributed by atoms with van der Waals surface area (Å²) in [5.74, 6) is 0.591. The third kappa shape index (κ3) is 3.25. The van der Waals surface area contributed by atoms with Gasteiger partial charge in [-0.2, -0.15) is 0 Å². The second kappa shape index (κ2) is 6.56. The maximum atomic E-state index is 12.0. The molecular formula is C18H14N2O5. The average molecular weight is 338 g/mol. The summed E-state index contributed by atoms with van der Waals surface area (Å²) in [4.78, 5) is 27.0. The van der Waals surface area contributed by atoms with E-state index in [1.165, 1.54) is 19.2 Å². The van der Waals surface area contributed by atoms with Gasteiger partial charge in [0.05, 0.1) is 29.4 Å². The van der Waals surface area contributed by atoms with Gasteiger partial charge in [-0.25, -0.2) is 9.78 Å². The molecule has 0 aliphatic heterocycles. The molecule has 3 aromatic rings. The molecule has 3 rings (SSSR count). The van der Waals surface area contributed by atoms with Gasteiger partial charge in [0.15, 0.2) is 0 Å². The molecule has 0 saturated carbocycles. The van der Waals surface area contributed by atoms with Crippen molar-refractivity contribution in [3.63, 3.8) is 0 Å². The summed E-state index contributed by atoms with van der Waals surface area (Å²) in [6, 6.07) is 12.9. The highest BCUT2D eigenvalue weighted by Gasteiger charge is 2.16. The van der Waals surface area contributed by atoms with Gasteiger partial charge in [-0.15, -0.1) is 0 Å². The molecule has 2 aromatic carbocycles. The van der Waals surface area contributed by atoms with Crippen molar-refractivity contribution in [1.29, 1.82) is 0 Å². The normalized spacial score (nSPS) is 10.5. The number of rotatable bonds is 4. The van der Waals surface area contributed by atoms with Crippen molar-refractivity contribution in [2.75, 3.05) is 7.11 Å². The first-order valence-electron chi connectivity index (χ1n) is 7.40. The van der Waals surface area contributed by atoms with Gasteiger partial charge in [0.25, 0.3) is 5.69 Å². The highest BCUT2D eigenvalue weighted by Crippen LogP contribution is 2.30. The Hall–Kier alpha value is -3.48. The van der Waals surface area contributed by atoms with E-state index in [0.717, 1.165) is 0 Å². The Kier molecular flexibility index (Phi) is 4.30. The Bertz CT molecular complexity index is 1010. The van der Waals surface area contributed by atoms with E-state index in [2.05, 4.69) is 4.98 Å². The van der Waals surface area contributed by atoms with Crippen molar-refractivity contribution < 1.29 is 14.1 Å². The molecule has 1 aromatic heterocycles. The van der Waals surface area contributed by atoms with Crippen molar-refractivity contribution in [1.82, 2.24) is 4.98 Å². The predicted octanol–water partition coefficient (Wildman–Crippen LogP) is 3.59. The standard InChI is InChI=1S/C18H14N2O5/c1-11-7-8-12(9-15(11)20(22)23)14-10-17(21)25-18(19-14)13-5-3-4-6-16(13)24-2/h3-10H,1-2H3. The maximum absolute atomic E-state index is 12.0. The number of nitro benzene ring substituents is 1. The number of ether oxygens (including phenoxy) is 1. The fraction of sp³-hybridized carbons (Fsp3) is 0.111. The van der Waals surface area contributed by atoms with Crippen LogP contribution in [0.4, 0.5) is 5.69 Å². The van der Waals surface area contributed by atoms with E-state index in [-0.39, 0.29) is 11.6 Å². The van der Waals surface area contributed by atoms with Crippen LogP contribution < -0.4 is 10.4 Å². The van der Waals surface area contributed by atoms with Crippen LogP contribution in [-0.4, -0.2) is 17.0 Å². The number of aromatic nitrogens is 1. The number of benzene rings is 2. The summed E-state index contributed by atoms with van der Waals surface area (Å²) < 4.78 is 10.4. The third-order valence-corrected chi connectivity index (χ3v) is 3.71. The van der Waals surface area contributed by atoms with Crippen LogP contribution in [0.15, 0.2) is 57.7 Å². The Labute approximate surface area is 142 Å². The lowest BCUT2D eigenvalue weighted by Gasteiger charge is -2.08. The van der Waals surface area contributed by atoms with E-state index in [9.17, 15) is 14.9 Å². The van der Waals surface area contributed by atoms with Crippen LogP contribution in [0, 0.1) is 17.0 Å². The number of aryl methyl sites for hydroxylation is 1. The number of hydrogen-bond acceptors (Lipinski definition) is 6. The minimum Gasteiger partial charge on any atom is -0.496 e.